The van der Waals surface area contributed by atoms with Gasteiger partial charge in [-0.3, -0.25) is 4.79 Å². The zero-order valence-corrected chi connectivity index (χ0v) is 13.3. The Morgan fingerprint density at radius 3 is 2.55 bits per heavy atom. The zero-order chi connectivity index (χ0) is 16.5. The summed E-state index contributed by atoms with van der Waals surface area (Å²) >= 11 is 0. The van der Waals surface area contributed by atoms with Gasteiger partial charge in [-0.05, 0) is 30.4 Å². The third-order valence-electron chi connectivity index (χ3n) is 3.84. The Hall–Kier alpha value is -1.91. The Bertz CT molecular complexity index is 484. The van der Waals surface area contributed by atoms with E-state index in [1.165, 1.54) is 12.1 Å². The number of unbranched alkanes of at least 4 members (excludes halogenated alkanes) is 1. The van der Waals surface area contributed by atoms with E-state index >= 15 is 0 Å². The zero-order valence-electron chi connectivity index (χ0n) is 13.3. The van der Waals surface area contributed by atoms with E-state index in [1.807, 2.05) is 0 Å². The largest absolute Gasteiger partial charge is 0.504 e. The highest BCUT2D eigenvalue weighted by molar-refractivity contribution is 5.70. The first-order valence-electron chi connectivity index (χ1n) is 7.87. The number of phenols is 3. The predicted octanol–water partition coefficient (Wildman–Crippen LogP) is 3.50. The summed E-state index contributed by atoms with van der Waals surface area (Å²) in [5, 5.41) is 28.4. The van der Waals surface area contributed by atoms with Crippen LogP contribution >= 0.6 is 0 Å². The molecule has 0 spiro atoms. The number of benzene rings is 1. The number of hydrogen-bond donors (Lipinski definition) is 3. The fourth-order valence-corrected chi connectivity index (χ4v) is 2.23. The highest BCUT2D eigenvalue weighted by Gasteiger charge is 2.14. The van der Waals surface area contributed by atoms with Crippen molar-refractivity contribution in [3.05, 3.63) is 17.7 Å². The third kappa shape index (κ3) is 5.47. The molecule has 22 heavy (non-hydrogen) atoms. The van der Waals surface area contributed by atoms with Crippen LogP contribution in [0.2, 0.25) is 0 Å². The molecule has 0 aliphatic heterocycles. The smallest absolute Gasteiger partial charge is 0.306 e. The Morgan fingerprint density at radius 2 is 1.91 bits per heavy atom. The molecule has 1 rings (SSSR count). The molecule has 1 aromatic carbocycles. The van der Waals surface area contributed by atoms with Crippen LogP contribution in [0.3, 0.4) is 0 Å². The molecule has 0 aliphatic carbocycles. The highest BCUT2D eigenvalue weighted by atomic mass is 16.5. The molecule has 1 atom stereocenters. The highest BCUT2D eigenvalue weighted by Crippen LogP contribution is 2.37. The summed E-state index contributed by atoms with van der Waals surface area (Å²) in [5.41, 5.74) is 0.408. The topological polar surface area (TPSA) is 87.0 Å². The van der Waals surface area contributed by atoms with E-state index < -0.39 is 5.75 Å². The Morgan fingerprint density at radius 1 is 1.18 bits per heavy atom. The number of hydrogen-bond acceptors (Lipinski definition) is 5. The van der Waals surface area contributed by atoms with Crippen LogP contribution in [0.1, 0.15) is 51.5 Å². The van der Waals surface area contributed by atoms with Crippen LogP contribution in [0.4, 0.5) is 0 Å². The van der Waals surface area contributed by atoms with Gasteiger partial charge in [0, 0.05) is 6.42 Å². The molecule has 1 unspecified atom stereocenters. The number of carbonyl (C=O) groups excluding carboxylic acids is 1. The van der Waals surface area contributed by atoms with Gasteiger partial charge in [-0.15, -0.1) is 0 Å². The number of rotatable bonds is 9. The Kier molecular flexibility index (Phi) is 7.57. The summed E-state index contributed by atoms with van der Waals surface area (Å²) in [7, 11) is 0. The van der Waals surface area contributed by atoms with Crippen LogP contribution in [0.25, 0.3) is 0 Å². The summed E-state index contributed by atoms with van der Waals surface area (Å²) < 4.78 is 5.28. The van der Waals surface area contributed by atoms with Gasteiger partial charge in [-0.25, -0.2) is 0 Å². The van der Waals surface area contributed by atoms with Gasteiger partial charge in [0.2, 0.25) is 5.75 Å². The summed E-state index contributed by atoms with van der Waals surface area (Å²) in [6.07, 6.45) is 4.70. The maximum Gasteiger partial charge on any atom is 0.306 e. The SMILES string of the molecule is CCCCC(CC)COC(=O)CCc1ccc(O)c(O)c1O. The van der Waals surface area contributed by atoms with Crippen molar-refractivity contribution in [2.24, 2.45) is 5.92 Å². The van der Waals surface area contributed by atoms with Crippen molar-refractivity contribution in [1.82, 2.24) is 0 Å². The van der Waals surface area contributed by atoms with Crippen molar-refractivity contribution < 1.29 is 24.9 Å². The quantitative estimate of drug-likeness (QED) is 0.480. The second-order valence-electron chi connectivity index (χ2n) is 5.54. The van der Waals surface area contributed by atoms with E-state index in [1.54, 1.807) is 0 Å². The standard InChI is InChI=1S/C17H26O5/c1-3-5-6-12(4-2)11-22-15(19)10-8-13-7-9-14(18)17(21)16(13)20/h7,9,12,18,20-21H,3-6,8,10-11H2,1-2H3. The molecular formula is C17H26O5. The van der Waals surface area contributed by atoms with Crippen molar-refractivity contribution in [3.8, 4) is 17.2 Å². The van der Waals surface area contributed by atoms with Crippen LogP contribution in [0, 0.1) is 5.92 Å². The normalized spacial score (nSPS) is 12.1. The maximum atomic E-state index is 11.8. The average molecular weight is 310 g/mol. The van der Waals surface area contributed by atoms with Crippen LogP contribution in [0.5, 0.6) is 17.2 Å². The van der Waals surface area contributed by atoms with Gasteiger partial charge in [0.1, 0.15) is 0 Å². The second-order valence-corrected chi connectivity index (χ2v) is 5.54. The lowest BCUT2D eigenvalue weighted by Crippen LogP contribution is -2.14. The van der Waals surface area contributed by atoms with Gasteiger partial charge in [-0.2, -0.15) is 0 Å². The lowest BCUT2D eigenvalue weighted by atomic mass is 10.0. The van der Waals surface area contributed by atoms with Gasteiger partial charge in [0.25, 0.3) is 0 Å². The molecule has 0 bridgehead atoms. The second kappa shape index (κ2) is 9.18. The fraction of sp³-hybridized carbons (Fsp3) is 0.588. The molecule has 0 aromatic heterocycles. The van der Waals surface area contributed by atoms with E-state index in [9.17, 15) is 20.1 Å². The van der Waals surface area contributed by atoms with Crippen LogP contribution in [0.15, 0.2) is 12.1 Å². The van der Waals surface area contributed by atoms with Crippen molar-refractivity contribution >= 4 is 5.97 Å². The van der Waals surface area contributed by atoms with Gasteiger partial charge in [0.15, 0.2) is 11.5 Å². The molecule has 0 radical (unpaired) electrons. The minimum Gasteiger partial charge on any atom is -0.504 e. The van der Waals surface area contributed by atoms with Crippen molar-refractivity contribution in [2.75, 3.05) is 6.61 Å². The molecule has 5 nitrogen and oxygen atoms in total. The predicted molar refractivity (Wildman–Crippen MR) is 84.0 cm³/mol. The molecule has 0 fully saturated rings. The molecular weight excluding hydrogens is 284 g/mol. The van der Waals surface area contributed by atoms with Crippen molar-refractivity contribution in [3.63, 3.8) is 0 Å². The third-order valence-corrected chi connectivity index (χ3v) is 3.84. The monoisotopic (exact) mass is 310 g/mol. The van der Waals surface area contributed by atoms with E-state index in [2.05, 4.69) is 13.8 Å². The number of phenolic OH excluding ortho intramolecular Hbond substituents is 3. The molecule has 0 aliphatic rings. The number of ether oxygens (including phenoxy) is 1. The minimum atomic E-state index is -0.559. The van der Waals surface area contributed by atoms with Gasteiger partial charge in [-0.1, -0.05) is 39.2 Å². The first-order valence-corrected chi connectivity index (χ1v) is 7.87. The number of aryl methyl sites for hydroxylation is 1. The van der Waals surface area contributed by atoms with E-state index in [0.717, 1.165) is 25.7 Å². The molecule has 0 heterocycles. The molecule has 0 amide bonds. The lowest BCUT2D eigenvalue weighted by molar-refractivity contribution is -0.145. The van der Waals surface area contributed by atoms with Gasteiger partial charge in [0.05, 0.1) is 6.61 Å². The average Bonchev–Trinajstić information content (AvgIpc) is 2.52. The maximum absolute atomic E-state index is 11.8. The number of esters is 1. The number of carbonyl (C=O) groups is 1. The fourth-order valence-electron chi connectivity index (χ4n) is 2.23. The summed E-state index contributed by atoms with van der Waals surface area (Å²) in [5.74, 6) is -1.25. The molecule has 5 heteroatoms. The molecule has 0 saturated carbocycles. The Labute approximate surface area is 131 Å². The van der Waals surface area contributed by atoms with Crippen LogP contribution < -0.4 is 0 Å². The summed E-state index contributed by atoms with van der Waals surface area (Å²) in [4.78, 5) is 11.8. The summed E-state index contributed by atoms with van der Waals surface area (Å²) in [6.45, 7) is 4.66. The molecule has 1 aromatic rings. The van der Waals surface area contributed by atoms with E-state index in [-0.39, 0.29) is 30.3 Å². The molecule has 0 saturated heterocycles. The number of aromatic hydroxyl groups is 3. The molecule has 124 valence electrons. The van der Waals surface area contributed by atoms with Crippen molar-refractivity contribution in [2.45, 2.75) is 52.4 Å². The summed E-state index contributed by atoms with van der Waals surface area (Å²) in [6, 6.07) is 2.77. The van der Waals surface area contributed by atoms with E-state index in [0.29, 0.717) is 18.1 Å². The van der Waals surface area contributed by atoms with Crippen LogP contribution in [-0.4, -0.2) is 27.9 Å². The molecule has 3 N–H and O–H groups in total. The van der Waals surface area contributed by atoms with Crippen molar-refractivity contribution in [1.29, 1.82) is 0 Å². The van der Waals surface area contributed by atoms with Crippen LogP contribution in [-0.2, 0) is 16.0 Å². The first-order chi connectivity index (χ1) is 10.5. The van der Waals surface area contributed by atoms with Gasteiger partial charge >= 0.3 is 5.97 Å². The minimum absolute atomic E-state index is 0.127. The van der Waals surface area contributed by atoms with Gasteiger partial charge < -0.3 is 20.1 Å². The Balaban J connectivity index is 2.41. The van der Waals surface area contributed by atoms with E-state index in [4.69, 9.17) is 4.74 Å². The lowest BCUT2D eigenvalue weighted by Gasteiger charge is -2.14. The first kappa shape index (κ1) is 18.1.